The fraction of sp³-hybridized carbons (Fsp3) is 0.647. The molecule has 1 N–H and O–H groups in total. The molecule has 2 rings (SSSR count). The Morgan fingerprint density at radius 3 is 2.38 bits per heavy atom. The Morgan fingerprint density at radius 1 is 1.10 bits per heavy atom. The van der Waals surface area contributed by atoms with Gasteiger partial charge in [-0.2, -0.15) is 0 Å². The van der Waals surface area contributed by atoms with Gasteiger partial charge >= 0.3 is 0 Å². The van der Waals surface area contributed by atoms with Gasteiger partial charge < -0.3 is 15.0 Å². The molecule has 1 aliphatic heterocycles. The van der Waals surface area contributed by atoms with Crippen molar-refractivity contribution in [2.24, 2.45) is 0 Å². The predicted octanol–water partition coefficient (Wildman–Crippen LogP) is 1.98. The predicted molar refractivity (Wildman–Crippen MR) is 88.0 cm³/mol. The van der Waals surface area contributed by atoms with Crippen LogP contribution in [-0.4, -0.2) is 62.7 Å². The zero-order chi connectivity index (χ0) is 15.1. The minimum Gasteiger partial charge on any atom is -0.494 e. The van der Waals surface area contributed by atoms with Gasteiger partial charge in [-0.1, -0.05) is 25.1 Å². The fourth-order valence-corrected chi connectivity index (χ4v) is 2.95. The number of nitrogens with one attached hydrogen (secondary N) is 1. The molecule has 1 unspecified atom stereocenters. The largest absolute Gasteiger partial charge is 0.494 e. The van der Waals surface area contributed by atoms with Gasteiger partial charge in [0, 0.05) is 44.3 Å². The first kappa shape index (κ1) is 16.3. The van der Waals surface area contributed by atoms with Crippen LogP contribution in [0.2, 0.25) is 0 Å². The maximum Gasteiger partial charge on any atom is 0.124 e. The van der Waals surface area contributed by atoms with Gasteiger partial charge in [0.05, 0.1) is 6.61 Å². The molecule has 1 fully saturated rings. The van der Waals surface area contributed by atoms with E-state index in [2.05, 4.69) is 40.2 Å². The van der Waals surface area contributed by atoms with Crippen LogP contribution in [0.1, 0.15) is 25.5 Å². The molecule has 0 aromatic heterocycles. The lowest BCUT2D eigenvalue weighted by Gasteiger charge is -2.36. The van der Waals surface area contributed by atoms with Crippen molar-refractivity contribution in [3.05, 3.63) is 29.8 Å². The molecule has 1 saturated heterocycles. The lowest BCUT2D eigenvalue weighted by molar-refractivity contribution is 0.128. The fourth-order valence-electron chi connectivity index (χ4n) is 2.95. The molecule has 4 heteroatoms. The average molecular weight is 291 g/mol. The number of nitrogens with zero attached hydrogens (tertiary/aromatic N) is 2. The Bertz CT molecular complexity index is 416. The highest BCUT2D eigenvalue weighted by Gasteiger charge is 2.21. The van der Waals surface area contributed by atoms with Crippen LogP contribution in [0.3, 0.4) is 0 Å². The SMILES string of the molecule is CCOc1ccccc1C(CN1CCN(CC)CC1)NC. The van der Waals surface area contributed by atoms with Gasteiger partial charge in [-0.3, -0.25) is 4.90 Å². The molecule has 1 heterocycles. The van der Waals surface area contributed by atoms with Crippen molar-refractivity contribution in [2.75, 3.05) is 52.9 Å². The van der Waals surface area contributed by atoms with E-state index in [-0.39, 0.29) is 0 Å². The number of hydrogen-bond donors (Lipinski definition) is 1. The van der Waals surface area contributed by atoms with Crippen LogP contribution in [0, 0.1) is 0 Å². The number of piperazine rings is 1. The van der Waals surface area contributed by atoms with Crippen molar-refractivity contribution in [2.45, 2.75) is 19.9 Å². The van der Waals surface area contributed by atoms with E-state index in [0.29, 0.717) is 12.6 Å². The van der Waals surface area contributed by atoms with Crippen molar-refractivity contribution in [3.8, 4) is 5.75 Å². The van der Waals surface area contributed by atoms with Crippen LogP contribution in [-0.2, 0) is 0 Å². The van der Waals surface area contributed by atoms with Crippen molar-refractivity contribution >= 4 is 0 Å². The summed E-state index contributed by atoms with van der Waals surface area (Å²) in [6, 6.07) is 8.70. The summed E-state index contributed by atoms with van der Waals surface area (Å²) in [5, 5.41) is 3.45. The summed E-state index contributed by atoms with van der Waals surface area (Å²) >= 11 is 0. The molecule has 1 aromatic rings. The van der Waals surface area contributed by atoms with Crippen LogP contribution >= 0.6 is 0 Å². The van der Waals surface area contributed by atoms with Crippen LogP contribution in [0.25, 0.3) is 0 Å². The highest BCUT2D eigenvalue weighted by molar-refractivity contribution is 5.36. The first-order valence-corrected chi connectivity index (χ1v) is 8.12. The Kier molecular flexibility index (Phi) is 6.49. The molecule has 118 valence electrons. The summed E-state index contributed by atoms with van der Waals surface area (Å²) in [6.07, 6.45) is 0. The van der Waals surface area contributed by atoms with Gasteiger partial charge in [-0.05, 0) is 26.6 Å². The lowest BCUT2D eigenvalue weighted by atomic mass is 10.0. The number of ether oxygens (including phenoxy) is 1. The van der Waals surface area contributed by atoms with Gasteiger partial charge in [-0.25, -0.2) is 0 Å². The first-order valence-electron chi connectivity index (χ1n) is 8.12. The van der Waals surface area contributed by atoms with Crippen molar-refractivity contribution in [1.29, 1.82) is 0 Å². The highest BCUT2D eigenvalue weighted by Crippen LogP contribution is 2.25. The molecule has 0 amide bonds. The smallest absolute Gasteiger partial charge is 0.124 e. The van der Waals surface area contributed by atoms with Gasteiger partial charge in [0.2, 0.25) is 0 Å². The van der Waals surface area contributed by atoms with Gasteiger partial charge in [0.15, 0.2) is 0 Å². The summed E-state index contributed by atoms with van der Waals surface area (Å²) in [4.78, 5) is 5.06. The number of para-hydroxylation sites is 1. The molecular weight excluding hydrogens is 262 g/mol. The number of benzene rings is 1. The second-order valence-corrected chi connectivity index (χ2v) is 5.55. The van der Waals surface area contributed by atoms with Crippen molar-refractivity contribution in [1.82, 2.24) is 15.1 Å². The topological polar surface area (TPSA) is 27.7 Å². The third kappa shape index (κ3) is 4.43. The van der Waals surface area contributed by atoms with Crippen LogP contribution < -0.4 is 10.1 Å². The molecule has 4 nitrogen and oxygen atoms in total. The summed E-state index contributed by atoms with van der Waals surface area (Å²) in [6.45, 7) is 11.9. The zero-order valence-electron chi connectivity index (χ0n) is 13.6. The molecular formula is C17H29N3O. The molecule has 0 saturated carbocycles. The Hall–Kier alpha value is -1.10. The number of rotatable bonds is 7. The van der Waals surface area contributed by atoms with E-state index in [1.807, 2.05) is 20.0 Å². The van der Waals surface area contributed by atoms with Crippen LogP contribution in [0.4, 0.5) is 0 Å². The normalized spacial score (nSPS) is 18.6. The van der Waals surface area contributed by atoms with Crippen molar-refractivity contribution < 1.29 is 4.74 Å². The highest BCUT2D eigenvalue weighted by atomic mass is 16.5. The van der Waals surface area contributed by atoms with E-state index in [9.17, 15) is 0 Å². The van der Waals surface area contributed by atoms with Gasteiger partial charge in [0.1, 0.15) is 5.75 Å². The summed E-state index contributed by atoms with van der Waals surface area (Å²) in [7, 11) is 2.04. The van der Waals surface area contributed by atoms with Crippen LogP contribution in [0.15, 0.2) is 24.3 Å². The molecule has 0 aliphatic carbocycles. The molecule has 0 radical (unpaired) electrons. The zero-order valence-corrected chi connectivity index (χ0v) is 13.6. The van der Waals surface area contributed by atoms with E-state index in [4.69, 9.17) is 4.74 Å². The minimum absolute atomic E-state index is 0.320. The third-order valence-corrected chi connectivity index (χ3v) is 4.30. The molecule has 21 heavy (non-hydrogen) atoms. The second-order valence-electron chi connectivity index (χ2n) is 5.55. The van der Waals surface area contributed by atoms with E-state index in [1.54, 1.807) is 0 Å². The van der Waals surface area contributed by atoms with E-state index in [0.717, 1.165) is 31.9 Å². The quantitative estimate of drug-likeness (QED) is 0.831. The lowest BCUT2D eigenvalue weighted by Crippen LogP contribution is -2.48. The van der Waals surface area contributed by atoms with Gasteiger partial charge in [-0.15, -0.1) is 0 Å². The molecule has 1 aromatic carbocycles. The number of hydrogen-bond acceptors (Lipinski definition) is 4. The summed E-state index contributed by atoms with van der Waals surface area (Å²) < 4.78 is 5.78. The Morgan fingerprint density at radius 2 is 1.76 bits per heavy atom. The average Bonchev–Trinajstić information content (AvgIpc) is 2.54. The monoisotopic (exact) mass is 291 g/mol. The third-order valence-electron chi connectivity index (χ3n) is 4.30. The van der Waals surface area contributed by atoms with Gasteiger partial charge in [0.25, 0.3) is 0 Å². The summed E-state index contributed by atoms with van der Waals surface area (Å²) in [5.74, 6) is 1.01. The molecule has 0 spiro atoms. The number of likely N-dealkylation sites (N-methyl/N-ethyl adjacent to an activating group) is 2. The standard InChI is InChI=1S/C17H29N3O/c1-4-19-10-12-20(13-11-19)14-16(18-3)15-8-6-7-9-17(15)21-5-2/h6-9,16,18H,4-5,10-14H2,1-3H3. The maximum absolute atomic E-state index is 5.78. The second kappa shape index (κ2) is 8.37. The van der Waals surface area contributed by atoms with E-state index >= 15 is 0 Å². The maximum atomic E-state index is 5.78. The van der Waals surface area contributed by atoms with E-state index < -0.39 is 0 Å². The van der Waals surface area contributed by atoms with Crippen molar-refractivity contribution in [3.63, 3.8) is 0 Å². The Balaban J connectivity index is 2.00. The molecule has 1 atom stereocenters. The summed E-state index contributed by atoms with van der Waals surface area (Å²) in [5.41, 5.74) is 1.26. The Labute approximate surface area is 129 Å². The van der Waals surface area contributed by atoms with Crippen LogP contribution in [0.5, 0.6) is 5.75 Å². The van der Waals surface area contributed by atoms with E-state index in [1.165, 1.54) is 18.7 Å². The molecule has 1 aliphatic rings. The minimum atomic E-state index is 0.320. The first-order chi connectivity index (χ1) is 10.3. The molecule has 0 bridgehead atoms.